The van der Waals surface area contributed by atoms with E-state index in [9.17, 15) is 61.3 Å². The molecule has 3 aliphatic heterocycles. The Balaban J connectivity index is 0.944. The molecule has 0 bridgehead atoms. The van der Waals surface area contributed by atoms with Gasteiger partial charge in [-0.05, 0) is 92.8 Å². The van der Waals surface area contributed by atoms with Crippen LogP contribution in [0.5, 0.6) is 0 Å². The van der Waals surface area contributed by atoms with Gasteiger partial charge in [-0.2, -0.15) is 0 Å². The third-order valence-electron chi connectivity index (χ3n) is 18.3. The van der Waals surface area contributed by atoms with Crippen molar-refractivity contribution in [3.8, 4) is 0 Å². The molecule has 18 nitrogen and oxygen atoms in total. The van der Waals surface area contributed by atoms with Crippen LogP contribution in [0.4, 0.5) is 0 Å². The number of ether oxygens (including phenoxy) is 6. The van der Waals surface area contributed by atoms with E-state index in [1.165, 1.54) is 5.57 Å². The molecule has 380 valence electrons. The van der Waals surface area contributed by atoms with Crippen molar-refractivity contribution in [2.24, 2.45) is 45.3 Å². The highest BCUT2D eigenvalue weighted by molar-refractivity contribution is 5.32. The molecule has 4 aliphatic carbocycles. The molecule has 0 aromatic carbocycles. The van der Waals surface area contributed by atoms with Gasteiger partial charge in [-0.3, -0.25) is 0 Å². The summed E-state index contributed by atoms with van der Waals surface area (Å²) in [5.41, 5.74) is 1.13. The summed E-state index contributed by atoms with van der Waals surface area (Å²) >= 11 is 0. The smallest absolute Gasteiger partial charge is 0.187 e. The van der Waals surface area contributed by atoms with Crippen LogP contribution in [0.15, 0.2) is 23.3 Å². The van der Waals surface area contributed by atoms with Gasteiger partial charge in [0.2, 0.25) is 0 Å². The second-order valence-electron chi connectivity index (χ2n) is 22.1. The lowest BCUT2D eigenvalue weighted by Gasteiger charge is -2.67. The fraction of sp³-hybridized carbons (Fsp3) is 0.917. The Kier molecular flexibility index (Phi) is 16.0. The molecule has 24 atom stereocenters. The standard InChI is InChI=1S/C48H80O18/c1-22(20-61-42-40(59)38(57)35(54)29(65-42)21-62-43-39(58)36(55)33(52)27(18-49)63-43)9-8-10-23(2)24-15-16-46(5)30-13-11-25-26(48(30,7)31(51)17-47(24,46)6)12-14-32(45(25,3)4)66-44-41(60)37(56)34(53)28(19-50)64-44/h9,11,23-24,26-44,49-60H,8,10,12-21H2,1-7H3/b22-9+/t23-,24-,26-,27-,28-,29-,30+,31+,32+,33-,34-,35-,36+,37+,38+,39-,40-,41-,42-,43-,44+,46+,47-,48+/m1/s1. The Bertz CT molecular complexity index is 1710. The lowest BCUT2D eigenvalue weighted by atomic mass is 9.38. The van der Waals surface area contributed by atoms with Crippen molar-refractivity contribution >= 4 is 0 Å². The Morgan fingerprint density at radius 1 is 0.697 bits per heavy atom. The molecule has 12 N–H and O–H groups in total. The van der Waals surface area contributed by atoms with Crippen LogP contribution in [0, 0.1) is 45.3 Å². The van der Waals surface area contributed by atoms with Gasteiger partial charge in [0.1, 0.15) is 73.2 Å². The lowest BCUT2D eigenvalue weighted by molar-refractivity contribution is -0.330. The summed E-state index contributed by atoms with van der Waals surface area (Å²) in [4.78, 5) is 0. The Morgan fingerprint density at radius 2 is 1.24 bits per heavy atom. The summed E-state index contributed by atoms with van der Waals surface area (Å²) in [5, 5.41) is 126. The highest BCUT2D eigenvalue weighted by Crippen LogP contribution is 2.75. The zero-order valence-electron chi connectivity index (χ0n) is 39.6. The van der Waals surface area contributed by atoms with E-state index in [-0.39, 0.29) is 40.8 Å². The molecule has 7 aliphatic rings. The third kappa shape index (κ3) is 9.04. The predicted molar refractivity (Wildman–Crippen MR) is 234 cm³/mol. The van der Waals surface area contributed by atoms with Crippen molar-refractivity contribution in [1.29, 1.82) is 0 Å². The van der Waals surface area contributed by atoms with E-state index in [2.05, 4.69) is 53.7 Å². The molecular weight excluding hydrogens is 865 g/mol. The summed E-state index contributed by atoms with van der Waals surface area (Å²) in [7, 11) is 0. The van der Waals surface area contributed by atoms with E-state index < -0.39 is 123 Å². The summed E-state index contributed by atoms with van der Waals surface area (Å²) in [6.07, 6.45) is -11.3. The molecule has 0 aromatic rings. The van der Waals surface area contributed by atoms with Gasteiger partial charge in [-0.25, -0.2) is 0 Å². The van der Waals surface area contributed by atoms with Crippen molar-refractivity contribution in [1.82, 2.24) is 0 Å². The maximum absolute atomic E-state index is 12.5. The van der Waals surface area contributed by atoms with E-state index in [1.54, 1.807) is 0 Å². The number of fused-ring (bicyclic) bond motifs is 5. The highest BCUT2D eigenvalue weighted by atomic mass is 16.7. The molecule has 7 rings (SSSR count). The number of hydrogen-bond acceptors (Lipinski definition) is 18. The summed E-state index contributed by atoms with van der Waals surface area (Å²) in [6.45, 7) is 14.1. The lowest BCUT2D eigenvalue weighted by Crippen LogP contribution is -2.65. The molecule has 0 aromatic heterocycles. The van der Waals surface area contributed by atoms with E-state index in [4.69, 9.17) is 28.4 Å². The number of hydrogen-bond donors (Lipinski definition) is 12. The molecule has 3 saturated heterocycles. The van der Waals surface area contributed by atoms with Crippen molar-refractivity contribution < 1.29 is 89.7 Å². The zero-order valence-corrected chi connectivity index (χ0v) is 39.6. The average molecular weight is 945 g/mol. The largest absolute Gasteiger partial charge is 0.394 e. The first kappa shape index (κ1) is 52.6. The van der Waals surface area contributed by atoms with Crippen LogP contribution >= 0.6 is 0 Å². The molecule has 3 saturated carbocycles. The molecule has 0 unspecified atom stereocenters. The van der Waals surface area contributed by atoms with Gasteiger partial charge in [-0.15, -0.1) is 0 Å². The normalized spacial score (nSPS) is 51.1. The van der Waals surface area contributed by atoms with Crippen LogP contribution in [-0.2, 0) is 28.4 Å². The van der Waals surface area contributed by atoms with Crippen LogP contribution in [0.3, 0.4) is 0 Å². The Morgan fingerprint density at radius 3 is 1.85 bits per heavy atom. The molecule has 3 heterocycles. The first-order valence-electron chi connectivity index (χ1n) is 24.2. The summed E-state index contributed by atoms with van der Waals surface area (Å²) in [6, 6.07) is 0. The van der Waals surface area contributed by atoms with E-state index >= 15 is 0 Å². The number of rotatable bonds is 14. The second kappa shape index (κ2) is 20.1. The SMILES string of the molecule is C/C(=C\CC[C@@H](C)[C@H]1CC[C@@]2(C)[C@@H]3CC=C4[C@@H](CC[C@H](O[C@@H]5O[C@H](CO)[C@@H](O)[C@H](O)[C@H]5O)C4(C)C)[C@]3(C)[C@@H](O)C[C@]12C)CO[C@@H]1O[C@H](CO[C@@H]2O[C@H](CO)[C@@H](O)[C@H](O)[C@H]2O)[C@@H](O)[C@H](O)[C@H]1O. The average Bonchev–Trinajstić information content (AvgIpc) is 3.55. The van der Waals surface area contributed by atoms with Crippen molar-refractivity contribution in [2.45, 2.75) is 204 Å². The first-order valence-corrected chi connectivity index (χ1v) is 24.2. The quantitative estimate of drug-likeness (QED) is 0.100. The van der Waals surface area contributed by atoms with Gasteiger partial charge >= 0.3 is 0 Å². The fourth-order valence-electron chi connectivity index (χ4n) is 13.9. The van der Waals surface area contributed by atoms with Crippen LogP contribution in [0.25, 0.3) is 0 Å². The third-order valence-corrected chi connectivity index (χ3v) is 18.3. The van der Waals surface area contributed by atoms with Gasteiger partial charge in [0.15, 0.2) is 18.9 Å². The van der Waals surface area contributed by atoms with Gasteiger partial charge < -0.3 is 89.7 Å². The first-order chi connectivity index (χ1) is 31.0. The molecule has 0 spiro atoms. The van der Waals surface area contributed by atoms with Crippen molar-refractivity contribution in [3.05, 3.63) is 23.3 Å². The second-order valence-corrected chi connectivity index (χ2v) is 22.1. The van der Waals surface area contributed by atoms with Crippen LogP contribution in [0.1, 0.15) is 99.8 Å². The van der Waals surface area contributed by atoms with Gasteiger partial charge in [0.25, 0.3) is 0 Å². The molecular formula is C48H80O18. The van der Waals surface area contributed by atoms with Gasteiger partial charge in [0, 0.05) is 10.8 Å². The van der Waals surface area contributed by atoms with Crippen LogP contribution < -0.4 is 0 Å². The predicted octanol–water partition coefficient (Wildman–Crippen LogP) is -0.249. The monoisotopic (exact) mass is 945 g/mol. The van der Waals surface area contributed by atoms with E-state index in [0.717, 1.165) is 44.1 Å². The zero-order chi connectivity index (χ0) is 48.4. The van der Waals surface area contributed by atoms with Crippen LogP contribution in [0.2, 0.25) is 0 Å². The Labute approximate surface area is 388 Å². The minimum atomic E-state index is -1.67. The minimum Gasteiger partial charge on any atom is -0.394 e. The molecule has 6 fully saturated rings. The minimum absolute atomic E-state index is 0.0218. The fourth-order valence-corrected chi connectivity index (χ4v) is 13.9. The van der Waals surface area contributed by atoms with E-state index in [0.29, 0.717) is 24.7 Å². The van der Waals surface area contributed by atoms with E-state index in [1.807, 2.05) is 6.92 Å². The van der Waals surface area contributed by atoms with Crippen LogP contribution in [-0.4, -0.2) is 192 Å². The Hall–Kier alpha value is -1.24. The summed E-state index contributed by atoms with van der Waals surface area (Å²) < 4.78 is 34.7. The molecule has 66 heavy (non-hydrogen) atoms. The maximum Gasteiger partial charge on any atom is 0.187 e. The maximum atomic E-state index is 12.5. The van der Waals surface area contributed by atoms with Crippen molar-refractivity contribution in [3.63, 3.8) is 0 Å². The molecule has 0 radical (unpaired) electrons. The number of aliphatic hydroxyl groups excluding tert-OH is 12. The topological polar surface area (TPSA) is 298 Å². The molecule has 0 amide bonds. The highest BCUT2D eigenvalue weighted by Gasteiger charge is 2.70. The number of aliphatic hydroxyl groups is 12. The van der Waals surface area contributed by atoms with Gasteiger partial charge in [0.05, 0.1) is 38.6 Å². The molecule has 18 heteroatoms. The number of allylic oxidation sites excluding steroid dienone is 2. The summed E-state index contributed by atoms with van der Waals surface area (Å²) in [5.74, 6) is 1.11. The van der Waals surface area contributed by atoms with Crippen molar-refractivity contribution in [2.75, 3.05) is 26.4 Å². The van der Waals surface area contributed by atoms with Gasteiger partial charge in [-0.1, -0.05) is 64.8 Å².